The molecule has 0 fully saturated rings. The summed E-state index contributed by atoms with van der Waals surface area (Å²) in [5.41, 5.74) is 4.64. The van der Waals surface area contributed by atoms with E-state index in [1.165, 1.54) is 11.1 Å². The number of ether oxygens (including phenoxy) is 1. The predicted octanol–water partition coefficient (Wildman–Crippen LogP) is 4.09. The van der Waals surface area contributed by atoms with E-state index in [9.17, 15) is 19.5 Å². The summed E-state index contributed by atoms with van der Waals surface area (Å²) in [5, 5.41) is 14.8. The molecule has 34 heavy (non-hydrogen) atoms. The number of rotatable bonds is 9. The van der Waals surface area contributed by atoms with Gasteiger partial charge in [-0.3, -0.25) is 9.59 Å². The second kappa shape index (κ2) is 10.5. The van der Waals surface area contributed by atoms with E-state index >= 15 is 0 Å². The Morgan fingerprint density at radius 3 is 2.29 bits per heavy atom. The van der Waals surface area contributed by atoms with Gasteiger partial charge in [0.25, 0.3) is 0 Å². The number of hydrogen-bond acceptors (Lipinski definition) is 4. The monoisotopic (exact) mass is 462 g/mol. The molecule has 7 heteroatoms. The average Bonchev–Trinajstić information content (AvgIpc) is 3.43. The molecule has 0 bridgehead atoms. The van der Waals surface area contributed by atoms with Crippen molar-refractivity contribution in [2.24, 2.45) is 11.8 Å². The molecule has 2 aromatic rings. The molecule has 0 heterocycles. The molecule has 0 saturated heterocycles. The molecular weight excluding hydrogens is 432 g/mol. The maximum absolute atomic E-state index is 12.5. The van der Waals surface area contributed by atoms with E-state index in [1.807, 2.05) is 31.2 Å². The number of carboxylic acids is 1. The van der Waals surface area contributed by atoms with Gasteiger partial charge in [0.15, 0.2) is 0 Å². The minimum atomic E-state index is -0.904. The van der Waals surface area contributed by atoms with Gasteiger partial charge in [-0.2, -0.15) is 0 Å². The van der Waals surface area contributed by atoms with Crippen LogP contribution in [0.1, 0.15) is 43.2 Å². The van der Waals surface area contributed by atoms with Crippen LogP contribution < -0.4 is 10.6 Å². The van der Waals surface area contributed by atoms with E-state index in [4.69, 9.17) is 4.74 Å². The summed E-state index contributed by atoms with van der Waals surface area (Å²) in [6.07, 6.45) is 4.68. The molecule has 3 unspecified atom stereocenters. The zero-order chi connectivity index (χ0) is 24.1. The summed E-state index contributed by atoms with van der Waals surface area (Å²) in [5.74, 6) is -2.14. The highest BCUT2D eigenvalue weighted by atomic mass is 16.5. The fourth-order valence-electron chi connectivity index (χ4n) is 4.81. The van der Waals surface area contributed by atoms with Crippen LogP contribution in [0.5, 0.6) is 0 Å². The number of alkyl carbamates (subject to hydrolysis) is 1. The quantitative estimate of drug-likeness (QED) is 0.487. The second-order valence-corrected chi connectivity index (χ2v) is 8.87. The zero-order valence-electron chi connectivity index (χ0n) is 19.2. The third-order valence-corrected chi connectivity index (χ3v) is 6.58. The number of hydrogen-bond donors (Lipinski definition) is 3. The van der Waals surface area contributed by atoms with Gasteiger partial charge in [0.1, 0.15) is 6.61 Å². The minimum absolute atomic E-state index is 0.0129. The first kappa shape index (κ1) is 23.5. The Kier molecular flexibility index (Phi) is 7.30. The second-order valence-electron chi connectivity index (χ2n) is 8.87. The molecule has 0 aromatic heterocycles. The van der Waals surface area contributed by atoms with Gasteiger partial charge in [-0.25, -0.2) is 4.79 Å². The topological polar surface area (TPSA) is 105 Å². The van der Waals surface area contributed by atoms with Crippen molar-refractivity contribution in [1.29, 1.82) is 0 Å². The van der Waals surface area contributed by atoms with Gasteiger partial charge >= 0.3 is 12.1 Å². The van der Waals surface area contributed by atoms with Gasteiger partial charge in [-0.05, 0) is 35.1 Å². The van der Waals surface area contributed by atoms with E-state index in [-0.39, 0.29) is 31.0 Å². The van der Waals surface area contributed by atoms with E-state index < -0.39 is 23.9 Å². The zero-order valence-corrected chi connectivity index (χ0v) is 19.2. The largest absolute Gasteiger partial charge is 0.481 e. The highest BCUT2D eigenvalue weighted by molar-refractivity contribution is 5.82. The number of aliphatic carboxylic acids is 1. The molecule has 0 aliphatic heterocycles. The van der Waals surface area contributed by atoms with Crippen molar-refractivity contribution in [3.63, 3.8) is 0 Å². The lowest BCUT2D eigenvalue weighted by atomic mass is 9.98. The first-order valence-corrected chi connectivity index (χ1v) is 11.8. The van der Waals surface area contributed by atoms with Gasteiger partial charge in [0, 0.05) is 12.5 Å². The molecule has 4 rings (SSSR count). The molecule has 7 nitrogen and oxygen atoms in total. The highest BCUT2D eigenvalue weighted by Gasteiger charge is 2.30. The van der Waals surface area contributed by atoms with Crippen LogP contribution in [-0.2, 0) is 14.3 Å². The summed E-state index contributed by atoms with van der Waals surface area (Å²) in [7, 11) is 0. The van der Waals surface area contributed by atoms with Crippen LogP contribution in [0.15, 0.2) is 60.7 Å². The molecule has 3 atom stereocenters. The average molecular weight is 463 g/mol. The van der Waals surface area contributed by atoms with Crippen LogP contribution in [0.3, 0.4) is 0 Å². The summed E-state index contributed by atoms with van der Waals surface area (Å²) >= 11 is 0. The van der Waals surface area contributed by atoms with Gasteiger partial charge in [-0.15, -0.1) is 0 Å². The first-order chi connectivity index (χ1) is 16.5. The molecule has 2 aromatic carbocycles. The van der Waals surface area contributed by atoms with Crippen molar-refractivity contribution in [2.45, 2.75) is 38.1 Å². The number of fused-ring (bicyclic) bond motifs is 3. The molecule has 2 aliphatic carbocycles. The number of nitrogens with one attached hydrogen (secondary N) is 2. The molecule has 3 N–H and O–H groups in total. The van der Waals surface area contributed by atoms with Crippen molar-refractivity contribution in [3.05, 3.63) is 71.8 Å². The SMILES string of the molecule is CCCC(CNC(=O)C1C=CC(NC(=O)OCC2c3ccccc3-c3ccccc32)C1)C(=O)O. The van der Waals surface area contributed by atoms with Gasteiger partial charge in [-0.1, -0.05) is 74.0 Å². The van der Waals surface area contributed by atoms with Crippen LogP contribution in [0.4, 0.5) is 4.79 Å². The summed E-state index contributed by atoms with van der Waals surface area (Å²) < 4.78 is 5.58. The number of carboxylic acid groups (broad SMARTS) is 1. The minimum Gasteiger partial charge on any atom is -0.481 e. The fraction of sp³-hybridized carbons (Fsp3) is 0.370. The first-order valence-electron chi connectivity index (χ1n) is 11.8. The molecule has 178 valence electrons. The number of amides is 2. The lowest BCUT2D eigenvalue weighted by molar-refractivity contribution is -0.142. The lowest BCUT2D eigenvalue weighted by Gasteiger charge is -2.17. The lowest BCUT2D eigenvalue weighted by Crippen LogP contribution is -2.38. The molecule has 0 spiro atoms. The number of carbonyl (C=O) groups excluding carboxylic acids is 2. The molecule has 0 radical (unpaired) electrons. The van der Waals surface area contributed by atoms with Crippen LogP contribution in [0.2, 0.25) is 0 Å². The predicted molar refractivity (Wildman–Crippen MR) is 128 cm³/mol. The Morgan fingerprint density at radius 2 is 1.68 bits per heavy atom. The molecule has 0 saturated carbocycles. The van der Waals surface area contributed by atoms with Crippen molar-refractivity contribution < 1.29 is 24.2 Å². The normalized spacial score (nSPS) is 19.2. The fourth-order valence-corrected chi connectivity index (χ4v) is 4.81. The Hall–Kier alpha value is -3.61. The molecule has 2 aliphatic rings. The van der Waals surface area contributed by atoms with E-state index in [0.717, 1.165) is 17.5 Å². The van der Waals surface area contributed by atoms with Crippen LogP contribution >= 0.6 is 0 Å². The van der Waals surface area contributed by atoms with Gasteiger partial charge in [0.05, 0.1) is 17.9 Å². The van der Waals surface area contributed by atoms with Crippen LogP contribution in [0, 0.1) is 11.8 Å². The maximum Gasteiger partial charge on any atom is 0.407 e. The van der Waals surface area contributed by atoms with Crippen molar-refractivity contribution in [1.82, 2.24) is 10.6 Å². The van der Waals surface area contributed by atoms with E-state index in [0.29, 0.717) is 12.8 Å². The van der Waals surface area contributed by atoms with Crippen LogP contribution in [-0.4, -0.2) is 42.3 Å². The summed E-state index contributed by atoms with van der Waals surface area (Å²) in [6.45, 7) is 2.25. The Bertz CT molecular complexity index is 1050. The molecular formula is C27H30N2O5. The van der Waals surface area contributed by atoms with E-state index in [2.05, 4.69) is 34.9 Å². The summed E-state index contributed by atoms with van der Waals surface area (Å²) in [6, 6.07) is 16.0. The van der Waals surface area contributed by atoms with E-state index in [1.54, 1.807) is 12.2 Å². The standard InChI is InChI=1S/C27H30N2O5/c1-2-7-18(26(31)32)15-28-25(30)17-12-13-19(14-17)29-27(33)34-16-24-22-10-5-3-8-20(22)21-9-4-6-11-23(21)24/h3-6,8-13,17-19,24H,2,7,14-16H2,1H3,(H,28,30)(H,29,33)(H,31,32). The Morgan fingerprint density at radius 1 is 1.03 bits per heavy atom. The van der Waals surface area contributed by atoms with Gasteiger partial charge in [0.2, 0.25) is 5.91 Å². The summed E-state index contributed by atoms with van der Waals surface area (Å²) in [4.78, 5) is 36.2. The smallest absolute Gasteiger partial charge is 0.407 e. The Labute approximate surface area is 199 Å². The number of carbonyl (C=O) groups is 3. The van der Waals surface area contributed by atoms with Crippen molar-refractivity contribution in [3.8, 4) is 11.1 Å². The van der Waals surface area contributed by atoms with Gasteiger partial charge < -0.3 is 20.5 Å². The maximum atomic E-state index is 12.5. The van der Waals surface area contributed by atoms with Crippen molar-refractivity contribution >= 4 is 18.0 Å². The van der Waals surface area contributed by atoms with Crippen LogP contribution in [0.25, 0.3) is 11.1 Å². The Balaban J connectivity index is 1.26. The number of benzene rings is 2. The molecule has 2 amide bonds. The van der Waals surface area contributed by atoms with Crippen molar-refractivity contribution in [2.75, 3.05) is 13.2 Å². The third-order valence-electron chi connectivity index (χ3n) is 6.58. The third kappa shape index (κ3) is 5.14. The highest BCUT2D eigenvalue weighted by Crippen LogP contribution is 2.44.